The largest absolute Gasteiger partial charge is 0.480 e. The number of nitrogens with zero attached hydrogens (tertiary/aromatic N) is 1. The number of ether oxygens (including phenoxy) is 2. The van der Waals surface area contributed by atoms with E-state index >= 15 is 0 Å². The molecular weight excluding hydrogens is 260 g/mol. The second-order valence-electron chi connectivity index (χ2n) is 4.56. The van der Waals surface area contributed by atoms with Gasteiger partial charge >= 0.3 is 5.97 Å². The van der Waals surface area contributed by atoms with E-state index in [1.165, 1.54) is 14.2 Å². The molecule has 0 unspecified atom stereocenters. The van der Waals surface area contributed by atoms with Crippen molar-refractivity contribution in [3.63, 3.8) is 0 Å². The Labute approximate surface area is 117 Å². The molecule has 6 nitrogen and oxygen atoms in total. The van der Waals surface area contributed by atoms with Gasteiger partial charge in [-0.05, 0) is 18.6 Å². The maximum Gasteiger partial charge on any atom is 0.343 e. The maximum absolute atomic E-state index is 11.5. The predicted octanol–water partition coefficient (Wildman–Crippen LogP) is 1.23. The van der Waals surface area contributed by atoms with Crippen molar-refractivity contribution in [3.05, 3.63) is 29.8 Å². The molecule has 1 aromatic rings. The molecule has 1 aliphatic rings. The summed E-state index contributed by atoms with van der Waals surface area (Å²) in [5, 5.41) is 12.3. The van der Waals surface area contributed by atoms with Gasteiger partial charge in [-0.2, -0.15) is 4.98 Å². The predicted molar refractivity (Wildman–Crippen MR) is 73.9 cm³/mol. The van der Waals surface area contributed by atoms with Gasteiger partial charge in [0, 0.05) is 18.6 Å². The molecule has 0 aromatic carbocycles. The number of aliphatic hydroxyl groups excluding tert-OH is 1. The zero-order valence-electron chi connectivity index (χ0n) is 11.5. The van der Waals surface area contributed by atoms with Crippen LogP contribution < -0.4 is 10.1 Å². The highest BCUT2D eigenvalue weighted by Crippen LogP contribution is 2.23. The Bertz CT molecular complexity index is 516. The van der Waals surface area contributed by atoms with Gasteiger partial charge in [0.05, 0.1) is 14.2 Å². The number of aliphatic hydroxyl groups is 1. The Balaban J connectivity index is 2.10. The molecule has 0 amide bonds. The van der Waals surface area contributed by atoms with E-state index in [0.29, 0.717) is 5.82 Å². The second-order valence-corrected chi connectivity index (χ2v) is 4.56. The van der Waals surface area contributed by atoms with Crippen molar-refractivity contribution in [2.75, 3.05) is 26.1 Å². The second kappa shape index (κ2) is 6.38. The van der Waals surface area contributed by atoms with Crippen molar-refractivity contribution in [2.24, 2.45) is 5.92 Å². The first kappa shape index (κ1) is 14.3. The summed E-state index contributed by atoms with van der Waals surface area (Å²) in [6.07, 6.45) is 4.81. The summed E-state index contributed by atoms with van der Waals surface area (Å²) in [7, 11) is 2.77. The van der Waals surface area contributed by atoms with Crippen LogP contribution in [-0.2, 0) is 4.74 Å². The van der Waals surface area contributed by atoms with Crippen molar-refractivity contribution < 1.29 is 19.4 Å². The number of nitrogens with one attached hydrogen (secondary N) is 1. The lowest BCUT2D eigenvalue weighted by Crippen LogP contribution is -2.18. The van der Waals surface area contributed by atoms with Crippen LogP contribution in [0.15, 0.2) is 24.3 Å². The van der Waals surface area contributed by atoms with Crippen LogP contribution in [0, 0.1) is 5.92 Å². The van der Waals surface area contributed by atoms with Gasteiger partial charge < -0.3 is 19.9 Å². The van der Waals surface area contributed by atoms with Gasteiger partial charge in [0.2, 0.25) is 5.88 Å². The highest BCUT2D eigenvalue weighted by atomic mass is 16.5. The molecule has 0 bridgehead atoms. The van der Waals surface area contributed by atoms with E-state index in [0.717, 1.165) is 6.42 Å². The summed E-state index contributed by atoms with van der Waals surface area (Å²) >= 11 is 0. The first-order valence-corrected chi connectivity index (χ1v) is 6.37. The van der Waals surface area contributed by atoms with Crippen LogP contribution in [0.1, 0.15) is 16.8 Å². The van der Waals surface area contributed by atoms with E-state index in [4.69, 9.17) is 9.84 Å². The third-order valence-electron chi connectivity index (χ3n) is 3.20. The SMILES string of the molecule is COC(=O)c1ccc(N[C@@H]2C=C[C@H](CO)C2)nc1OC. The Hall–Kier alpha value is -2.08. The van der Waals surface area contributed by atoms with Gasteiger partial charge in [-0.25, -0.2) is 4.79 Å². The zero-order chi connectivity index (χ0) is 14.5. The fraction of sp³-hybridized carbons (Fsp3) is 0.429. The molecule has 20 heavy (non-hydrogen) atoms. The quantitative estimate of drug-likeness (QED) is 0.623. The van der Waals surface area contributed by atoms with Gasteiger partial charge in [0.1, 0.15) is 11.4 Å². The third-order valence-corrected chi connectivity index (χ3v) is 3.20. The third kappa shape index (κ3) is 3.08. The van der Waals surface area contributed by atoms with Gasteiger partial charge in [-0.15, -0.1) is 0 Å². The Morgan fingerprint density at radius 3 is 2.85 bits per heavy atom. The zero-order valence-corrected chi connectivity index (χ0v) is 11.5. The number of carbonyl (C=O) groups is 1. The summed E-state index contributed by atoms with van der Waals surface area (Å²) in [6.45, 7) is 0.146. The molecule has 0 fully saturated rings. The highest BCUT2D eigenvalue weighted by molar-refractivity contribution is 5.92. The number of hydrogen-bond donors (Lipinski definition) is 2. The van der Waals surface area contributed by atoms with Crippen LogP contribution in [0.5, 0.6) is 5.88 Å². The van der Waals surface area contributed by atoms with E-state index in [1.807, 2.05) is 12.2 Å². The minimum atomic E-state index is -0.484. The molecule has 1 aliphatic carbocycles. The summed E-state index contributed by atoms with van der Waals surface area (Å²) < 4.78 is 9.77. The first-order chi connectivity index (χ1) is 9.67. The molecule has 2 atom stereocenters. The number of anilines is 1. The van der Waals surface area contributed by atoms with Gasteiger partial charge in [-0.1, -0.05) is 12.2 Å². The molecule has 1 heterocycles. The van der Waals surface area contributed by atoms with Gasteiger partial charge in [0.25, 0.3) is 0 Å². The van der Waals surface area contributed by atoms with Crippen LogP contribution >= 0.6 is 0 Å². The molecule has 0 saturated carbocycles. The Morgan fingerprint density at radius 1 is 1.45 bits per heavy atom. The van der Waals surface area contributed by atoms with E-state index in [1.54, 1.807) is 12.1 Å². The number of methoxy groups -OCH3 is 2. The van der Waals surface area contributed by atoms with Gasteiger partial charge in [0.15, 0.2) is 0 Å². The average Bonchev–Trinajstić information content (AvgIpc) is 2.94. The van der Waals surface area contributed by atoms with Crippen LogP contribution in [0.2, 0.25) is 0 Å². The molecule has 0 aliphatic heterocycles. The summed E-state index contributed by atoms with van der Waals surface area (Å²) in [5.41, 5.74) is 0.288. The average molecular weight is 278 g/mol. The molecule has 0 saturated heterocycles. The van der Waals surface area contributed by atoms with Crippen molar-refractivity contribution in [2.45, 2.75) is 12.5 Å². The lowest BCUT2D eigenvalue weighted by molar-refractivity contribution is 0.0596. The molecule has 0 radical (unpaired) electrons. The molecule has 0 spiro atoms. The summed E-state index contributed by atoms with van der Waals surface area (Å²) in [5.74, 6) is 0.538. The van der Waals surface area contributed by atoms with Gasteiger partial charge in [-0.3, -0.25) is 0 Å². The van der Waals surface area contributed by atoms with Crippen LogP contribution in [0.3, 0.4) is 0 Å². The molecule has 108 valence electrons. The number of pyridine rings is 1. The van der Waals surface area contributed by atoms with E-state index in [-0.39, 0.29) is 30.0 Å². The number of hydrogen-bond acceptors (Lipinski definition) is 6. The van der Waals surface area contributed by atoms with E-state index in [9.17, 15) is 4.79 Å². The number of aromatic nitrogens is 1. The lowest BCUT2D eigenvalue weighted by Gasteiger charge is -2.14. The van der Waals surface area contributed by atoms with Crippen molar-refractivity contribution in [1.29, 1.82) is 0 Å². The molecule has 1 aromatic heterocycles. The summed E-state index contributed by atoms with van der Waals surface area (Å²) in [4.78, 5) is 15.8. The minimum Gasteiger partial charge on any atom is -0.480 e. The van der Waals surface area contributed by atoms with Crippen molar-refractivity contribution in [1.82, 2.24) is 4.98 Å². The fourth-order valence-electron chi connectivity index (χ4n) is 2.15. The molecule has 6 heteroatoms. The van der Waals surface area contributed by atoms with Crippen LogP contribution in [0.25, 0.3) is 0 Å². The van der Waals surface area contributed by atoms with E-state index < -0.39 is 5.97 Å². The Kier molecular flexibility index (Phi) is 4.57. The first-order valence-electron chi connectivity index (χ1n) is 6.37. The standard InChI is InChI=1S/C14H18N2O4/c1-19-13-11(14(18)20-2)5-6-12(16-13)15-10-4-3-9(7-10)8-17/h3-6,9-10,17H,7-8H2,1-2H3,(H,15,16)/t9-,10+/m0/s1. The van der Waals surface area contributed by atoms with Crippen molar-refractivity contribution >= 4 is 11.8 Å². The monoisotopic (exact) mass is 278 g/mol. The molecule has 2 rings (SSSR count). The van der Waals surface area contributed by atoms with Crippen molar-refractivity contribution in [3.8, 4) is 5.88 Å². The molecular formula is C14H18N2O4. The topological polar surface area (TPSA) is 80.7 Å². The maximum atomic E-state index is 11.5. The number of rotatable bonds is 5. The number of esters is 1. The highest BCUT2D eigenvalue weighted by Gasteiger charge is 2.20. The lowest BCUT2D eigenvalue weighted by atomic mass is 10.1. The Morgan fingerprint density at radius 2 is 2.25 bits per heavy atom. The smallest absolute Gasteiger partial charge is 0.343 e. The normalized spacial score (nSPS) is 20.8. The minimum absolute atomic E-state index is 0.119. The number of carbonyl (C=O) groups excluding carboxylic acids is 1. The molecule has 2 N–H and O–H groups in total. The fourth-order valence-corrected chi connectivity index (χ4v) is 2.15. The van der Waals surface area contributed by atoms with E-state index in [2.05, 4.69) is 15.0 Å². The van der Waals surface area contributed by atoms with Crippen LogP contribution in [0.4, 0.5) is 5.82 Å². The summed E-state index contributed by atoms with van der Waals surface area (Å²) in [6, 6.07) is 3.44. The van der Waals surface area contributed by atoms with Crippen LogP contribution in [-0.4, -0.2) is 42.9 Å².